The second-order valence-corrected chi connectivity index (χ2v) is 23.3. The quantitative estimate of drug-likeness (QED) is 0.0899. The topological polar surface area (TPSA) is 38.8 Å². The lowest BCUT2D eigenvalue weighted by Crippen LogP contribution is -2.67. The standard InChI is InChI=1S/C43H51NO3Si2/c1-42(2,3)48(38-19-11-7-12-20-38,39-21-13-8-14-22-39)46-33-31-44(37-29-27-36(35-45)28-30-37)32-34-47-49(43(4,5)6,40-23-15-9-16-24-40)41-25-17-10-18-26-41/h7-30,35H,31-34H2,1-6H3. The maximum absolute atomic E-state index is 11.5. The number of carbonyl (C=O) groups excluding carboxylic acids is 1. The fraction of sp³-hybridized carbons (Fsp3) is 0.279. The van der Waals surface area contributed by atoms with Gasteiger partial charge in [0.15, 0.2) is 0 Å². The van der Waals surface area contributed by atoms with Crippen molar-refractivity contribution >= 4 is 49.4 Å². The van der Waals surface area contributed by atoms with Crippen LogP contribution in [0, 0.1) is 0 Å². The molecule has 0 aliphatic carbocycles. The van der Waals surface area contributed by atoms with E-state index in [2.05, 4.69) is 168 Å². The van der Waals surface area contributed by atoms with Gasteiger partial charge in [-0.15, -0.1) is 0 Å². The van der Waals surface area contributed by atoms with Crippen molar-refractivity contribution in [2.45, 2.75) is 51.6 Å². The van der Waals surface area contributed by atoms with Gasteiger partial charge in [0.1, 0.15) is 6.29 Å². The molecule has 0 aliphatic heterocycles. The molecule has 0 aliphatic rings. The summed E-state index contributed by atoms with van der Waals surface area (Å²) in [5, 5.41) is 4.85. The van der Waals surface area contributed by atoms with Gasteiger partial charge >= 0.3 is 0 Å². The Morgan fingerprint density at radius 2 is 0.796 bits per heavy atom. The Morgan fingerprint density at radius 1 is 0.490 bits per heavy atom. The summed E-state index contributed by atoms with van der Waals surface area (Å²) in [5.41, 5.74) is 1.71. The SMILES string of the molecule is CC(C)(C)[Si](OCCN(CCO[Si](c1ccccc1)(c1ccccc1)C(C)(C)C)c1ccc(C=O)cc1)(c1ccccc1)c1ccccc1. The summed E-state index contributed by atoms with van der Waals surface area (Å²) in [6.07, 6.45) is 0.895. The first-order chi connectivity index (χ1) is 23.5. The molecule has 254 valence electrons. The lowest BCUT2D eigenvalue weighted by atomic mass is 10.2. The normalized spacial score (nSPS) is 12.4. The van der Waals surface area contributed by atoms with Gasteiger partial charge in [0.05, 0.1) is 13.2 Å². The van der Waals surface area contributed by atoms with E-state index in [1.807, 2.05) is 24.3 Å². The van der Waals surface area contributed by atoms with Crippen molar-refractivity contribution in [3.63, 3.8) is 0 Å². The molecule has 0 bridgehead atoms. The molecule has 0 N–H and O–H groups in total. The molecular weight excluding hydrogens is 635 g/mol. The van der Waals surface area contributed by atoms with Crippen molar-refractivity contribution in [2.75, 3.05) is 31.2 Å². The van der Waals surface area contributed by atoms with Gasteiger partial charge in [0.25, 0.3) is 16.6 Å². The maximum Gasteiger partial charge on any atom is 0.261 e. The zero-order valence-corrected chi connectivity index (χ0v) is 31.9. The number of carbonyl (C=O) groups is 1. The average Bonchev–Trinajstić information content (AvgIpc) is 3.11. The fourth-order valence-corrected chi connectivity index (χ4v) is 16.4. The minimum atomic E-state index is -2.70. The third kappa shape index (κ3) is 7.73. The Bertz CT molecular complexity index is 1550. The molecule has 5 rings (SSSR count). The predicted molar refractivity (Wildman–Crippen MR) is 211 cm³/mol. The maximum atomic E-state index is 11.5. The average molecular weight is 686 g/mol. The van der Waals surface area contributed by atoms with Crippen molar-refractivity contribution < 1.29 is 13.6 Å². The van der Waals surface area contributed by atoms with Gasteiger partial charge in [-0.05, 0) is 55.1 Å². The van der Waals surface area contributed by atoms with Gasteiger partial charge in [-0.1, -0.05) is 163 Å². The second kappa shape index (κ2) is 15.6. The van der Waals surface area contributed by atoms with Gasteiger partial charge < -0.3 is 13.8 Å². The molecule has 0 aromatic heterocycles. The Kier molecular flexibility index (Phi) is 11.6. The van der Waals surface area contributed by atoms with Crippen LogP contribution in [0.2, 0.25) is 10.1 Å². The molecule has 0 saturated carbocycles. The smallest absolute Gasteiger partial charge is 0.261 e. The van der Waals surface area contributed by atoms with E-state index in [4.69, 9.17) is 8.85 Å². The van der Waals surface area contributed by atoms with Gasteiger partial charge in [-0.3, -0.25) is 4.79 Å². The van der Waals surface area contributed by atoms with E-state index >= 15 is 0 Å². The largest absolute Gasteiger partial charge is 0.406 e. The summed E-state index contributed by atoms with van der Waals surface area (Å²) in [6, 6.07) is 51.0. The summed E-state index contributed by atoms with van der Waals surface area (Å²) >= 11 is 0. The van der Waals surface area contributed by atoms with Crippen LogP contribution in [0.1, 0.15) is 51.9 Å². The van der Waals surface area contributed by atoms with Gasteiger partial charge in [-0.25, -0.2) is 0 Å². The zero-order chi connectivity index (χ0) is 35.0. The van der Waals surface area contributed by atoms with Crippen LogP contribution < -0.4 is 25.6 Å². The van der Waals surface area contributed by atoms with E-state index in [1.165, 1.54) is 20.7 Å². The lowest BCUT2D eigenvalue weighted by Gasteiger charge is -2.44. The highest BCUT2D eigenvalue weighted by Crippen LogP contribution is 2.38. The highest BCUT2D eigenvalue weighted by Gasteiger charge is 2.51. The van der Waals surface area contributed by atoms with Crippen LogP contribution in [-0.4, -0.2) is 49.2 Å². The lowest BCUT2D eigenvalue weighted by molar-refractivity contribution is 0.112. The van der Waals surface area contributed by atoms with E-state index in [9.17, 15) is 4.79 Å². The van der Waals surface area contributed by atoms with E-state index in [1.54, 1.807) is 0 Å². The number of anilines is 1. The number of nitrogens with zero attached hydrogens (tertiary/aromatic N) is 1. The molecule has 0 unspecified atom stereocenters. The molecule has 0 spiro atoms. The molecule has 0 saturated heterocycles. The minimum absolute atomic E-state index is 0.113. The first-order valence-corrected chi connectivity index (χ1v) is 21.1. The Labute approximate surface area is 296 Å². The summed E-state index contributed by atoms with van der Waals surface area (Å²) < 4.78 is 14.6. The second-order valence-electron chi connectivity index (χ2n) is 14.7. The van der Waals surface area contributed by atoms with Crippen LogP contribution in [0.25, 0.3) is 0 Å². The number of benzene rings is 5. The molecule has 5 aromatic carbocycles. The predicted octanol–water partition coefficient (Wildman–Crippen LogP) is 7.46. The highest BCUT2D eigenvalue weighted by molar-refractivity contribution is 7.00. The van der Waals surface area contributed by atoms with E-state index in [0.717, 1.165) is 12.0 Å². The molecule has 0 radical (unpaired) electrons. The van der Waals surface area contributed by atoms with E-state index in [-0.39, 0.29) is 10.1 Å². The van der Waals surface area contributed by atoms with Crippen molar-refractivity contribution in [2.24, 2.45) is 0 Å². The Balaban J connectivity index is 1.47. The molecule has 49 heavy (non-hydrogen) atoms. The van der Waals surface area contributed by atoms with Crippen LogP contribution in [0.3, 0.4) is 0 Å². The molecule has 4 nitrogen and oxygen atoms in total. The van der Waals surface area contributed by atoms with Gasteiger partial charge in [-0.2, -0.15) is 0 Å². The first-order valence-electron chi connectivity index (χ1n) is 17.3. The molecule has 5 aromatic rings. The van der Waals surface area contributed by atoms with E-state index < -0.39 is 16.6 Å². The summed E-state index contributed by atoms with van der Waals surface area (Å²) in [7, 11) is -5.41. The molecule has 0 atom stereocenters. The van der Waals surface area contributed by atoms with Crippen molar-refractivity contribution in [3.05, 3.63) is 151 Å². The van der Waals surface area contributed by atoms with Crippen molar-refractivity contribution in [1.29, 1.82) is 0 Å². The number of aldehydes is 1. The number of hydrogen-bond donors (Lipinski definition) is 0. The fourth-order valence-electron chi connectivity index (χ4n) is 7.27. The van der Waals surface area contributed by atoms with Gasteiger partial charge in [0, 0.05) is 24.3 Å². The Hall–Kier alpha value is -4.08. The minimum Gasteiger partial charge on any atom is -0.406 e. The summed E-state index contributed by atoms with van der Waals surface area (Å²) in [5.74, 6) is 0. The van der Waals surface area contributed by atoms with Crippen LogP contribution in [0.4, 0.5) is 5.69 Å². The van der Waals surface area contributed by atoms with Crippen LogP contribution >= 0.6 is 0 Å². The molecule has 0 fully saturated rings. The van der Waals surface area contributed by atoms with Crippen LogP contribution in [0.5, 0.6) is 0 Å². The highest BCUT2D eigenvalue weighted by atomic mass is 28.4. The molecule has 0 heterocycles. The van der Waals surface area contributed by atoms with Crippen LogP contribution in [0.15, 0.2) is 146 Å². The number of rotatable bonds is 14. The molecular formula is C43H51NO3Si2. The van der Waals surface area contributed by atoms with Gasteiger partial charge in [0.2, 0.25) is 0 Å². The Morgan fingerprint density at radius 3 is 1.06 bits per heavy atom. The summed E-state index contributed by atoms with van der Waals surface area (Å²) in [4.78, 5) is 13.9. The number of hydrogen-bond acceptors (Lipinski definition) is 4. The molecule has 0 amide bonds. The zero-order valence-electron chi connectivity index (χ0n) is 29.9. The van der Waals surface area contributed by atoms with Crippen LogP contribution in [-0.2, 0) is 8.85 Å². The third-order valence-electron chi connectivity index (χ3n) is 9.59. The monoisotopic (exact) mass is 685 g/mol. The van der Waals surface area contributed by atoms with Crippen molar-refractivity contribution in [3.8, 4) is 0 Å². The van der Waals surface area contributed by atoms with Crippen molar-refractivity contribution in [1.82, 2.24) is 0 Å². The van der Waals surface area contributed by atoms with E-state index in [0.29, 0.717) is 31.9 Å². The summed E-state index contributed by atoms with van der Waals surface area (Å²) in [6.45, 7) is 16.3. The molecule has 6 heteroatoms. The third-order valence-corrected chi connectivity index (χ3v) is 19.7. The first kappa shape index (κ1) is 36.2.